The highest BCUT2D eigenvalue weighted by molar-refractivity contribution is 5.74. The van der Waals surface area contributed by atoms with Crippen molar-refractivity contribution in [2.45, 2.75) is 44.6 Å². The number of benzene rings is 1. The minimum Gasteiger partial charge on any atom is -0.388 e. The first-order chi connectivity index (χ1) is 8.31. The third kappa shape index (κ3) is 3.16. The molecule has 1 aliphatic rings. The van der Waals surface area contributed by atoms with Crippen molar-refractivity contribution in [2.75, 3.05) is 0 Å². The Kier molecular flexibility index (Phi) is 4.32. The van der Waals surface area contributed by atoms with Crippen molar-refractivity contribution < 1.29 is 9.90 Å². The Bertz CT molecular complexity index is 348. The van der Waals surface area contributed by atoms with Gasteiger partial charge in [-0.2, -0.15) is 0 Å². The Morgan fingerprint density at radius 1 is 1.06 bits per heavy atom. The van der Waals surface area contributed by atoms with Gasteiger partial charge < -0.3 is 5.11 Å². The maximum Gasteiger partial charge on any atom is 0.150 e. The van der Waals surface area contributed by atoms with Gasteiger partial charge in [0.1, 0.15) is 6.29 Å². The van der Waals surface area contributed by atoms with Crippen LogP contribution < -0.4 is 0 Å². The number of aliphatic hydroxyl groups is 1. The van der Waals surface area contributed by atoms with Crippen LogP contribution in [-0.4, -0.2) is 11.4 Å². The summed E-state index contributed by atoms with van der Waals surface area (Å²) in [5.74, 6) is 0.389. The molecule has 0 heterocycles. The molecule has 0 spiro atoms. The minimum absolute atomic E-state index is 0.367. The zero-order valence-corrected chi connectivity index (χ0v) is 10.1. The predicted octanol–water partition coefficient (Wildman–Crippen LogP) is 3.50. The van der Waals surface area contributed by atoms with Gasteiger partial charge in [-0.3, -0.25) is 4.79 Å². The monoisotopic (exact) mass is 232 g/mol. The molecule has 1 fully saturated rings. The maximum absolute atomic E-state index is 10.6. The molecule has 0 amide bonds. The molecule has 2 nitrogen and oxygen atoms in total. The van der Waals surface area contributed by atoms with Gasteiger partial charge in [0, 0.05) is 5.56 Å². The Morgan fingerprint density at radius 2 is 1.65 bits per heavy atom. The van der Waals surface area contributed by atoms with E-state index in [1.165, 1.54) is 25.7 Å². The van der Waals surface area contributed by atoms with Gasteiger partial charge in [-0.05, 0) is 24.3 Å². The summed E-state index contributed by atoms with van der Waals surface area (Å²) in [6.07, 6.45) is 7.77. The van der Waals surface area contributed by atoms with Gasteiger partial charge in [-0.1, -0.05) is 49.9 Å². The summed E-state index contributed by atoms with van der Waals surface area (Å²) in [5, 5.41) is 10.3. The van der Waals surface area contributed by atoms with Gasteiger partial charge in [-0.25, -0.2) is 0 Å². The van der Waals surface area contributed by atoms with Crippen LogP contribution in [0.4, 0.5) is 0 Å². The third-order valence-corrected chi connectivity index (χ3v) is 3.76. The maximum atomic E-state index is 10.6. The number of carbonyl (C=O) groups is 1. The Hall–Kier alpha value is -1.15. The number of aliphatic hydroxyl groups excluding tert-OH is 1. The van der Waals surface area contributed by atoms with E-state index >= 15 is 0 Å². The Labute approximate surface area is 103 Å². The summed E-state index contributed by atoms with van der Waals surface area (Å²) in [4.78, 5) is 10.6. The van der Waals surface area contributed by atoms with Crippen LogP contribution in [0.2, 0.25) is 0 Å². The van der Waals surface area contributed by atoms with Crippen molar-refractivity contribution in [3.8, 4) is 0 Å². The van der Waals surface area contributed by atoms with Crippen molar-refractivity contribution in [1.82, 2.24) is 0 Å². The van der Waals surface area contributed by atoms with Crippen molar-refractivity contribution in [2.24, 2.45) is 5.92 Å². The Morgan fingerprint density at radius 3 is 2.18 bits per heavy atom. The van der Waals surface area contributed by atoms with E-state index in [1.807, 2.05) is 12.1 Å². The average molecular weight is 232 g/mol. The summed E-state index contributed by atoms with van der Waals surface area (Å²) in [7, 11) is 0. The van der Waals surface area contributed by atoms with Gasteiger partial charge in [0.05, 0.1) is 6.10 Å². The topological polar surface area (TPSA) is 37.3 Å². The first kappa shape index (κ1) is 12.3. The fourth-order valence-electron chi connectivity index (χ4n) is 2.67. The first-order valence-electron chi connectivity index (χ1n) is 6.54. The molecule has 1 aromatic carbocycles. The molecule has 0 radical (unpaired) electrons. The van der Waals surface area contributed by atoms with Crippen LogP contribution in [0, 0.1) is 5.92 Å². The van der Waals surface area contributed by atoms with Crippen molar-refractivity contribution >= 4 is 6.29 Å². The second-order valence-electron chi connectivity index (χ2n) is 4.98. The number of carbonyl (C=O) groups excluding carboxylic acids is 1. The number of rotatable bonds is 3. The zero-order chi connectivity index (χ0) is 12.1. The largest absolute Gasteiger partial charge is 0.388 e. The zero-order valence-electron chi connectivity index (χ0n) is 10.1. The molecule has 1 aliphatic carbocycles. The molecular weight excluding hydrogens is 212 g/mol. The molecule has 92 valence electrons. The van der Waals surface area contributed by atoms with Gasteiger partial charge in [0.25, 0.3) is 0 Å². The number of aldehydes is 1. The van der Waals surface area contributed by atoms with Crippen LogP contribution in [0.25, 0.3) is 0 Å². The quantitative estimate of drug-likeness (QED) is 0.639. The average Bonchev–Trinajstić information content (AvgIpc) is 2.67. The smallest absolute Gasteiger partial charge is 0.150 e. The van der Waals surface area contributed by atoms with Crippen LogP contribution in [0.5, 0.6) is 0 Å². The molecular formula is C15H20O2. The lowest BCUT2D eigenvalue weighted by molar-refractivity contribution is 0.0987. The molecule has 1 saturated carbocycles. The van der Waals surface area contributed by atoms with E-state index in [-0.39, 0.29) is 6.10 Å². The SMILES string of the molecule is O=Cc1ccc(C(O)C2CCCCCC2)cc1. The molecule has 1 N–H and O–H groups in total. The normalized spacial score (nSPS) is 19.6. The molecule has 1 atom stereocenters. The van der Waals surface area contributed by atoms with Crippen LogP contribution >= 0.6 is 0 Å². The van der Waals surface area contributed by atoms with E-state index in [9.17, 15) is 9.90 Å². The van der Waals surface area contributed by atoms with Gasteiger partial charge in [0.15, 0.2) is 0 Å². The minimum atomic E-state index is -0.367. The summed E-state index contributed by atoms with van der Waals surface area (Å²) < 4.78 is 0. The van der Waals surface area contributed by atoms with Crippen molar-refractivity contribution in [3.63, 3.8) is 0 Å². The molecule has 1 aromatic rings. The summed E-state index contributed by atoms with van der Waals surface area (Å²) >= 11 is 0. The summed E-state index contributed by atoms with van der Waals surface area (Å²) in [6, 6.07) is 7.31. The van der Waals surface area contributed by atoms with Crippen LogP contribution in [0.3, 0.4) is 0 Å². The molecule has 17 heavy (non-hydrogen) atoms. The Balaban J connectivity index is 2.06. The van der Waals surface area contributed by atoms with Gasteiger partial charge in [-0.15, -0.1) is 0 Å². The molecule has 0 aromatic heterocycles. The van der Waals surface area contributed by atoms with E-state index in [4.69, 9.17) is 0 Å². The lowest BCUT2D eigenvalue weighted by Crippen LogP contribution is -2.11. The molecule has 2 heteroatoms. The molecule has 1 unspecified atom stereocenters. The first-order valence-corrected chi connectivity index (χ1v) is 6.54. The second-order valence-corrected chi connectivity index (χ2v) is 4.98. The van der Waals surface area contributed by atoms with Crippen LogP contribution in [-0.2, 0) is 0 Å². The van der Waals surface area contributed by atoms with Gasteiger partial charge >= 0.3 is 0 Å². The lowest BCUT2D eigenvalue weighted by Gasteiger charge is -2.21. The second kappa shape index (κ2) is 5.97. The number of hydrogen-bond acceptors (Lipinski definition) is 2. The predicted molar refractivity (Wildman–Crippen MR) is 68.0 cm³/mol. The highest BCUT2D eigenvalue weighted by Gasteiger charge is 2.21. The lowest BCUT2D eigenvalue weighted by atomic mass is 9.89. The van der Waals surface area contributed by atoms with Crippen LogP contribution in [0.15, 0.2) is 24.3 Å². The van der Waals surface area contributed by atoms with E-state index in [1.54, 1.807) is 12.1 Å². The van der Waals surface area contributed by atoms with E-state index in [0.29, 0.717) is 11.5 Å². The highest BCUT2D eigenvalue weighted by Crippen LogP contribution is 2.33. The fourth-order valence-corrected chi connectivity index (χ4v) is 2.67. The number of hydrogen-bond donors (Lipinski definition) is 1. The summed E-state index contributed by atoms with van der Waals surface area (Å²) in [6.45, 7) is 0. The molecule has 0 bridgehead atoms. The molecule has 0 saturated heterocycles. The van der Waals surface area contributed by atoms with Crippen molar-refractivity contribution in [3.05, 3.63) is 35.4 Å². The van der Waals surface area contributed by atoms with E-state index < -0.39 is 0 Å². The molecule has 2 rings (SSSR count). The standard InChI is InChI=1S/C15H20O2/c16-11-12-7-9-14(10-8-12)15(17)13-5-3-1-2-4-6-13/h7-11,13,15,17H,1-6H2. The van der Waals surface area contributed by atoms with E-state index in [2.05, 4.69) is 0 Å². The van der Waals surface area contributed by atoms with Crippen LogP contribution in [0.1, 0.15) is 60.6 Å². The van der Waals surface area contributed by atoms with Crippen molar-refractivity contribution in [1.29, 1.82) is 0 Å². The van der Waals surface area contributed by atoms with Gasteiger partial charge in [0.2, 0.25) is 0 Å². The summed E-state index contributed by atoms with van der Waals surface area (Å²) in [5.41, 5.74) is 1.62. The molecule has 0 aliphatic heterocycles. The van der Waals surface area contributed by atoms with E-state index in [0.717, 1.165) is 24.7 Å². The third-order valence-electron chi connectivity index (χ3n) is 3.76. The highest BCUT2D eigenvalue weighted by atomic mass is 16.3. The fraction of sp³-hybridized carbons (Fsp3) is 0.533.